The van der Waals surface area contributed by atoms with Crippen LogP contribution < -0.4 is 0 Å². The predicted molar refractivity (Wildman–Crippen MR) is 128 cm³/mol. The SMILES string of the molecule is CCCCc1ccccc1-c1c(CCCC)c(O)cc(CCCC)c1CCCC. The smallest absolute Gasteiger partial charge is 0.119 e. The topological polar surface area (TPSA) is 20.2 Å². The molecule has 0 aliphatic rings. The first-order chi connectivity index (χ1) is 14.2. The van der Waals surface area contributed by atoms with E-state index in [1.54, 1.807) is 0 Å². The lowest BCUT2D eigenvalue weighted by molar-refractivity contribution is 0.466. The molecular formula is C28H42O. The van der Waals surface area contributed by atoms with Gasteiger partial charge in [-0.05, 0) is 85.3 Å². The van der Waals surface area contributed by atoms with Crippen LogP contribution in [0.15, 0.2) is 30.3 Å². The lowest BCUT2D eigenvalue weighted by atomic mass is 9.82. The van der Waals surface area contributed by atoms with Crippen LogP contribution in [0.5, 0.6) is 5.75 Å². The largest absolute Gasteiger partial charge is 0.508 e. The van der Waals surface area contributed by atoms with Crippen LogP contribution in [0, 0.1) is 0 Å². The second-order valence-corrected chi connectivity index (χ2v) is 8.46. The Kier molecular flexibility index (Phi) is 10.3. The molecule has 1 heteroatoms. The normalized spacial score (nSPS) is 11.2. The van der Waals surface area contributed by atoms with Crippen LogP contribution in [0.25, 0.3) is 11.1 Å². The molecule has 0 saturated carbocycles. The predicted octanol–water partition coefficient (Wildman–Crippen LogP) is 8.43. The van der Waals surface area contributed by atoms with Crippen molar-refractivity contribution in [1.29, 1.82) is 0 Å². The van der Waals surface area contributed by atoms with Crippen LogP contribution in [0.3, 0.4) is 0 Å². The Morgan fingerprint density at radius 1 is 0.621 bits per heavy atom. The lowest BCUT2D eigenvalue weighted by Gasteiger charge is -2.23. The molecule has 1 N–H and O–H groups in total. The van der Waals surface area contributed by atoms with Gasteiger partial charge < -0.3 is 5.11 Å². The molecule has 0 amide bonds. The molecule has 0 atom stereocenters. The molecule has 2 aromatic rings. The summed E-state index contributed by atoms with van der Waals surface area (Å²) >= 11 is 0. The Labute approximate surface area is 179 Å². The van der Waals surface area contributed by atoms with E-state index in [1.807, 2.05) is 0 Å². The van der Waals surface area contributed by atoms with Gasteiger partial charge in [-0.2, -0.15) is 0 Å². The molecular weight excluding hydrogens is 352 g/mol. The van der Waals surface area contributed by atoms with Crippen molar-refractivity contribution >= 4 is 0 Å². The zero-order valence-electron chi connectivity index (χ0n) is 19.3. The summed E-state index contributed by atoms with van der Waals surface area (Å²) in [6.07, 6.45) is 13.8. The Morgan fingerprint density at radius 3 is 1.76 bits per heavy atom. The highest BCUT2D eigenvalue weighted by Crippen LogP contribution is 2.40. The minimum Gasteiger partial charge on any atom is -0.508 e. The number of rotatable bonds is 13. The van der Waals surface area contributed by atoms with Gasteiger partial charge in [-0.1, -0.05) is 77.6 Å². The summed E-state index contributed by atoms with van der Waals surface area (Å²) in [7, 11) is 0. The van der Waals surface area contributed by atoms with Crippen molar-refractivity contribution in [1.82, 2.24) is 0 Å². The molecule has 0 fully saturated rings. The van der Waals surface area contributed by atoms with Crippen LogP contribution in [-0.4, -0.2) is 5.11 Å². The molecule has 1 nitrogen and oxygen atoms in total. The van der Waals surface area contributed by atoms with E-state index in [9.17, 15) is 5.11 Å². The standard InChI is InChI=1S/C28H42O/c1-5-9-15-22-17-13-14-20-24(22)28-25(18-11-7-3)23(16-10-6-2)21-27(29)26(28)19-12-8-4/h13-14,17,20-21,29H,5-12,15-16,18-19H2,1-4H3. The van der Waals surface area contributed by atoms with Crippen LogP contribution in [0.1, 0.15) is 101 Å². The third kappa shape index (κ3) is 6.36. The Morgan fingerprint density at radius 2 is 1.14 bits per heavy atom. The van der Waals surface area contributed by atoms with Crippen molar-refractivity contribution in [2.24, 2.45) is 0 Å². The Bertz CT molecular complexity index is 744. The number of hydrogen-bond acceptors (Lipinski definition) is 1. The minimum absolute atomic E-state index is 0.519. The fraction of sp³-hybridized carbons (Fsp3) is 0.571. The van der Waals surface area contributed by atoms with Gasteiger partial charge in [0.05, 0.1) is 0 Å². The highest BCUT2D eigenvalue weighted by Gasteiger charge is 2.20. The molecule has 160 valence electrons. The molecule has 0 aliphatic carbocycles. The highest BCUT2D eigenvalue weighted by molar-refractivity contribution is 5.78. The third-order valence-corrected chi connectivity index (χ3v) is 6.06. The van der Waals surface area contributed by atoms with Crippen molar-refractivity contribution in [3.8, 4) is 16.9 Å². The van der Waals surface area contributed by atoms with E-state index in [4.69, 9.17) is 0 Å². The van der Waals surface area contributed by atoms with Crippen molar-refractivity contribution in [2.75, 3.05) is 0 Å². The van der Waals surface area contributed by atoms with Crippen molar-refractivity contribution in [3.63, 3.8) is 0 Å². The first-order valence-corrected chi connectivity index (χ1v) is 12.1. The molecule has 0 unspecified atom stereocenters. The van der Waals surface area contributed by atoms with E-state index >= 15 is 0 Å². The fourth-order valence-electron chi connectivity index (χ4n) is 4.32. The number of phenolic OH excluding ortho intramolecular Hbond substituents is 1. The summed E-state index contributed by atoms with van der Waals surface area (Å²) in [5.41, 5.74) is 8.24. The Hall–Kier alpha value is -1.76. The van der Waals surface area contributed by atoms with E-state index in [-0.39, 0.29) is 0 Å². The number of unbranched alkanes of at least 4 members (excludes halogenated alkanes) is 4. The maximum atomic E-state index is 11.1. The molecule has 2 rings (SSSR count). The number of aryl methyl sites for hydroxylation is 2. The van der Waals surface area contributed by atoms with Crippen molar-refractivity contribution in [2.45, 2.75) is 105 Å². The molecule has 0 aromatic heterocycles. The van der Waals surface area contributed by atoms with Gasteiger partial charge in [0.1, 0.15) is 5.75 Å². The molecule has 0 bridgehead atoms. The summed E-state index contributed by atoms with van der Waals surface area (Å²) in [6.45, 7) is 9.03. The van der Waals surface area contributed by atoms with E-state index in [1.165, 1.54) is 71.9 Å². The van der Waals surface area contributed by atoms with Gasteiger partial charge >= 0.3 is 0 Å². The molecule has 2 aromatic carbocycles. The second kappa shape index (κ2) is 12.7. The van der Waals surface area contributed by atoms with Crippen LogP contribution in [0.4, 0.5) is 0 Å². The highest BCUT2D eigenvalue weighted by atomic mass is 16.3. The molecule has 29 heavy (non-hydrogen) atoms. The number of benzene rings is 2. The zero-order chi connectivity index (χ0) is 21.1. The first-order valence-electron chi connectivity index (χ1n) is 12.1. The summed E-state index contributed by atoms with van der Waals surface area (Å²) in [4.78, 5) is 0. The van der Waals surface area contributed by atoms with Gasteiger partial charge in [0.15, 0.2) is 0 Å². The summed E-state index contributed by atoms with van der Waals surface area (Å²) in [6, 6.07) is 11.0. The van der Waals surface area contributed by atoms with Gasteiger partial charge in [-0.3, -0.25) is 0 Å². The third-order valence-electron chi connectivity index (χ3n) is 6.06. The lowest BCUT2D eigenvalue weighted by Crippen LogP contribution is -2.05. The van der Waals surface area contributed by atoms with Gasteiger partial charge in [0.25, 0.3) is 0 Å². The molecule has 0 spiro atoms. The average Bonchev–Trinajstić information content (AvgIpc) is 2.74. The maximum Gasteiger partial charge on any atom is 0.119 e. The molecule has 0 heterocycles. The summed E-state index contributed by atoms with van der Waals surface area (Å²) < 4.78 is 0. The summed E-state index contributed by atoms with van der Waals surface area (Å²) in [5, 5.41) is 11.1. The van der Waals surface area contributed by atoms with Gasteiger partial charge in [-0.15, -0.1) is 0 Å². The van der Waals surface area contributed by atoms with E-state index < -0.39 is 0 Å². The number of phenols is 1. The van der Waals surface area contributed by atoms with Gasteiger partial charge in [-0.25, -0.2) is 0 Å². The van der Waals surface area contributed by atoms with Crippen LogP contribution in [0.2, 0.25) is 0 Å². The average molecular weight is 395 g/mol. The monoisotopic (exact) mass is 394 g/mol. The quantitative estimate of drug-likeness (QED) is 0.361. The van der Waals surface area contributed by atoms with Crippen molar-refractivity contribution < 1.29 is 5.11 Å². The number of hydrogen-bond donors (Lipinski definition) is 1. The Balaban J connectivity index is 2.71. The summed E-state index contributed by atoms with van der Waals surface area (Å²) in [5.74, 6) is 0.519. The van der Waals surface area contributed by atoms with Crippen LogP contribution in [-0.2, 0) is 25.7 Å². The van der Waals surface area contributed by atoms with Gasteiger partial charge in [0, 0.05) is 5.56 Å². The fourth-order valence-corrected chi connectivity index (χ4v) is 4.32. The van der Waals surface area contributed by atoms with Gasteiger partial charge in [0.2, 0.25) is 0 Å². The van der Waals surface area contributed by atoms with E-state index in [2.05, 4.69) is 58.0 Å². The number of aromatic hydroxyl groups is 1. The van der Waals surface area contributed by atoms with E-state index in [0.717, 1.165) is 38.5 Å². The molecule has 0 aliphatic heterocycles. The van der Waals surface area contributed by atoms with Crippen LogP contribution >= 0.6 is 0 Å². The maximum absolute atomic E-state index is 11.1. The van der Waals surface area contributed by atoms with E-state index in [0.29, 0.717) is 5.75 Å². The molecule has 0 radical (unpaired) electrons. The minimum atomic E-state index is 0.519. The van der Waals surface area contributed by atoms with Crippen molar-refractivity contribution in [3.05, 3.63) is 52.6 Å². The zero-order valence-corrected chi connectivity index (χ0v) is 19.3. The second-order valence-electron chi connectivity index (χ2n) is 8.46. The first kappa shape index (κ1) is 23.5. The molecule has 0 saturated heterocycles.